The maximum absolute atomic E-state index is 15.1. The number of ketones is 1. The van der Waals surface area contributed by atoms with Crippen LogP contribution in [0.3, 0.4) is 0 Å². The summed E-state index contributed by atoms with van der Waals surface area (Å²) >= 11 is 0. The minimum absolute atomic E-state index is 0.0250. The molecular weight excluding hydrogens is 397 g/mol. The van der Waals surface area contributed by atoms with E-state index in [1.54, 1.807) is 6.07 Å². The zero-order valence-electron chi connectivity index (χ0n) is 18.3. The third-order valence-corrected chi connectivity index (χ3v) is 6.52. The maximum atomic E-state index is 15.1. The van der Waals surface area contributed by atoms with Crippen LogP contribution in [0.1, 0.15) is 77.9 Å². The van der Waals surface area contributed by atoms with Gasteiger partial charge in [0.15, 0.2) is 5.78 Å². The van der Waals surface area contributed by atoms with E-state index in [-0.39, 0.29) is 28.9 Å². The van der Waals surface area contributed by atoms with E-state index in [0.717, 1.165) is 29.7 Å². The van der Waals surface area contributed by atoms with Gasteiger partial charge in [0.25, 0.3) is 5.91 Å². The molecule has 0 saturated heterocycles. The molecule has 1 saturated carbocycles. The Balaban J connectivity index is 1.79. The van der Waals surface area contributed by atoms with Crippen LogP contribution < -0.4 is 11.1 Å². The lowest BCUT2D eigenvalue weighted by Crippen LogP contribution is -2.30. The quantitative estimate of drug-likeness (QED) is 0.689. The molecular formula is C24H30FN3O3. The van der Waals surface area contributed by atoms with Crippen molar-refractivity contribution in [3.8, 4) is 5.69 Å². The van der Waals surface area contributed by atoms with Gasteiger partial charge in [-0.05, 0) is 62.1 Å². The summed E-state index contributed by atoms with van der Waals surface area (Å²) in [6.07, 6.45) is 5.51. The lowest BCUT2D eigenvalue weighted by atomic mass is 9.75. The highest BCUT2D eigenvalue weighted by molar-refractivity contribution is 6.01. The summed E-state index contributed by atoms with van der Waals surface area (Å²) in [5.74, 6) is -1.41. The Hall–Kier alpha value is -2.67. The maximum Gasteiger partial charge on any atom is 0.253 e. The number of amides is 1. The van der Waals surface area contributed by atoms with Crippen molar-refractivity contribution in [1.82, 2.24) is 4.57 Å². The highest BCUT2D eigenvalue weighted by Crippen LogP contribution is 2.39. The second kappa shape index (κ2) is 7.79. The number of aromatic nitrogens is 1. The number of aryl methyl sites for hydroxylation is 1. The molecule has 1 amide bonds. The molecule has 1 heterocycles. The van der Waals surface area contributed by atoms with Gasteiger partial charge >= 0.3 is 0 Å². The molecule has 1 aromatic heterocycles. The molecule has 0 radical (unpaired) electrons. The molecule has 166 valence electrons. The third-order valence-electron chi connectivity index (χ3n) is 6.52. The predicted molar refractivity (Wildman–Crippen MR) is 117 cm³/mol. The van der Waals surface area contributed by atoms with Gasteiger partial charge in [-0.25, -0.2) is 4.39 Å². The molecule has 4 rings (SSSR count). The van der Waals surface area contributed by atoms with E-state index in [2.05, 4.69) is 19.2 Å². The molecule has 4 N–H and O–H groups in total. The minimum Gasteiger partial charge on any atom is -0.393 e. The Morgan fingerprint density at radius 1 is 1.23 bits per heavy atom. The van der Waals surface area contributed by atoms with Crippen LogP contribution in [-0.4, -0.2) is 33.5 Å². The molecule has 1 fully saturated rings. The fourth-order valence-electron chi connectivity index (χ4n) is 5.04. The molecule has 31 heavy (non-hydrogen) atoms. The van der Waals surface area contributed by atoms with Gasteiger partial charge in [0.1, 0.15) is 5.82 Å². The van der Waals surface area contributed by atoms with E-state index in [9.17, 15) is 14.7 Å². The number of rotatable bonds is 4. The summed E-state index contributed by atoms with van der Waals surface area (Å²) in [6.45, 7) is 6.01. The summed E-state index contributed by atoms with van der Waals surface area (Å²) in [7, 11) is 0. The van der Waals surface area contributed by atoms with Crippen LogP contribution in [0, 0.1) is 18.2 Å². The average Bonchev–Trinajstić information content (AvgIpc) is 2.98. The first-order valence-electron chi connectivity index (χ1n) is 10.9. The number of fused-ring (bicyclic) bond motifs is 1. The fraction of sp³-hybridized carbons (Fsp3) is 0.500. The summed E-state index contributed by atoms with van der Waals surface area (Å²) in [5.41, 5.74) is 8.51. The van der Waals surface area contributed by atoms with Crippen LogP contribution in [0.25, 0.3) is 5.69 Å². The molecule has 0 aliphatic heterocycles. The first-order chi connectivity index (χ1) is 14.6. The van der Waals surface area contributed by atoms with Gasteiger partial charge in [-0.1, -0.05) is 13.8 Å². The number of aliphatic hydroxyl groups is 1. The Kier molecular flexibility index (Phi) is 5.41. The van der Waals surface area contributed by atoms with Gasteiger partial charge in [0.05, 0.1) is 23.0 Å². The second-order valence-electron chi connectivity index (χ2n) is 9.81. The number of primary amides is 1. The SMILES string of the molecule is Cc1cn(-c2cc(F)c(C(N)=O)c(N[C@H]3CC[C@H](O)CC3)c2)c2c1C(=O)CC(C)(C)C2. The van der Waals surface area contributed by atoms with E-state index < -0.39 is 11.7 Å². The van der Waals surface area contributed by atoms with Crippen LogP contribution in [0.15, 0.2) is 18.3 Å². The summed E-state index contributed by atoms with van der Waals surface area (Å²) in [4.78, 5) is 24.8. The van der Waals surface area contributed by atoms with Gasteiger partial charge in [-0.2, -0.15) is 0 Å². The van der Waals surface area contributed by atoms with Crippen molar-refractivity contribution in [1.29, 1.82) is 0 Å². The Morgan fingerprint density at radius 2 is 1.90 bits per heavy atom. The standard InChI is InChI=1S/C24H30FN3O3/c1-13-12-28(19-10-24(2,3)11-20(30)21(13)19)15-8-17(25)22(23(26)31)18(9-15)27-14-4-6-16(29)7-5-14/h8-9,12,14,16,27,29H,4-7,10-11H2,1-3H3,(H2,26,31)/t14-,16-. The molecule has 0 unspecified atom stereocenters. The highest BCUT2D eigenvalue weighted by Gasteiger charge is 2.35. The number of carbonyl (C=O) groups is 2. The van der Waals surface area contributed by atoms with Crippen molar-refractivity contribution in [2.24, 2.45) is 11.1 Å². The fourth-order valence-corrected chi connectivity index (χ4v) is 5.04. The van der Waals surface area contributed by atoms with Crippen molar-refractivity contribution in [2.75, 3.05) is 5.32 Å². The van der Waals surface area contributed by atoms with E-state index >= 15 is 4.39 Å². The van der Waals surface area contributed by atoms with Crippen LogP contribution in [0.4, 0.5) is 10.1 Å². The molecule has 7 heteroatoms. The number of hydrogen-bond donors (Lipinski definition) is 3. The van der Waals surface area contributed by atoms with Crippen molar-refractivity contribution >= 4 is 17.4 Å². The number of nitrogens with one attached hydrogen (secondary N) is 1. The predicted octanol–water partition coefficient (Wildman–Crippen LogP) is 3.89. The molecule has 0 atom stereocenters. The lowest BCUT2D eigenvalue weighted by molar-refractivity contribution is 0.0909. The molecule has 6 nitrogen and oxygen atoms in total. The Morgan fingerprint density at radius 3 is 2.55 bits per heavy atom. The number of anilines is 1. The summed E-state index contributed by atoms with van der Waals surface area (Å²) in [6, 6.07) is 3.07. The summed E-state index contributed by atoms with van der Waals surface area (Å²) < 4.78 is 16.9. The molecule has 2 aliphatic carbocycles. The van der Waals surface area contributed by atoms with E-state index in [4.69, 9.17) is 5.73 Å². The van der Waals surface area contributed by atoms with Crippen molar-refractivity contribution in [3.63, 3.8) is 0 Å². The zero-order valence-corrected chi connectivity index (χ0v) is 18.3. The van der Waals surface area contributed by atoms with Gasteiger partial charge < -0.3 is 20.7 Å². The molecule has 2 aromatic rings. The molecule has 0 spiro atoms. The molecule has 1 aromatic carbocycles. The van der Waals surface area contributed by atoms with Crippen LogP contribution >= 0.6 is 0 Å². The normalized spacial score (nSPS) is 22.8. The number of hydrogen-bond acceptors (Lipinski definition) is 4. The first kappa shape index (κ1) is 21.6. The zero-order chi connectivity index (χ0) is 22.5. The first-order valence-corrected chi connectivity index (χ1v) is 10.9. The van der Waals surface area contributed by atoms with Crippen molar-refractivity contribution in [3.05, 3.63) is 46.5 Å². The summed E-state index contributed by atoms with van der Waals surface area (Å²) in [5, 5.41) is 13.0. The topological polar surface area (TPSA) is 97.3 Å². The number of nitrogens with zero attached hydrogens (tertiary/aromatic N) is 1. The van der Waals surface area contributed by atoms with Crippen LogP contribution in [0.5, 0.6) is 0 Å². The molecule has 2 aliphatic rings. The van der Waals surface area contributed by atoms with Crippen LogP contribution in [0.2, 0.25) is 0 Å². The van der Waals surface area contributed by atoms with Gasteiger partial charge in [-0.15, -0.1) is 0 Å². The van der Waals surface area contributed by atoms with E-state index in [1.165, 1.54) is 6.07 Å². The Bertz CT molecular complexity index is 1050. The lowest BCUT2D eigenvalue weighted by Gasteiger charge is -2.30. The molecule has 0 bridgehead atoms. The Labute approximate surface area is 181 Å². The number of aliphatic hydroxyl groups excluding tert-OH is 1. The smallest absolute Gasteiger partial charge is 0.253 e. The van der Waals surface area contributed by atoms with Gasteiger partial charge in [0, 0.05) is 29.9 Å². The van der Waals surface area contributed by atoms with Crippen molar-refractivity contribution < 1.29 is 19.1 Å². The minimum atomic E-state index is -0.829. The average molecular weight is 428 g/mol. The highest BCUT2D eigenvalue weighted by atomic mass is 19.1. The van der Waals surface area contributed by atoms with Crippen LogP contribution in [-0.2, 0) is 6.42 Å². The number of halogens is 1. The number of benzene rings is 1. The number of nitrogens with two attached hydrogens (primary N) is 1. The monoisotopic (exact) mass is 427 g/mol. The largest absolute Gasteiger partial charge is 0.393 e. The second-order valence-corrected chi connectivity index (χ2v) is 9.81. The van der Waals surface area contributed by atoms with Gasteiger partial charge in [0.2, 0.25) is 0 Å². The van der Waals surface area contributed by atoms with E-state index in [0.29, 0.717) is 37.1 Å². The number of Topliss-reactive ketones (excluding diaryl/α,β-unsaturated/α-hetero) is 1. The third kappa shape index (κ3) is 4.11. The van der Waals surface area contributed by atoms with Crippen molar-refractivity contribution in [2.45, 2.75) is 71.4 Å². The number of carbonyl (C=O) groups excluding carboxylic acids is 2. The van der Waals surface area contributed by atoms with E-state index in [1.807, 2.05) is 17.7 Å². The van der Waals surface area contributed by atoms with Gasteiger partial charge in [-0.3, -0.25) is 9.59 Å².